The minimum Gasteiger partial charge on any atom is -0.386 e. The third kappa shape index (κ3) is 13.1. The molecule has 0 fully saturated rings. The van der Waals surface area contributed by atoms with Crippen molar-refractivity contribution >= 4 is 0 Å². The van der Waals surface area contributed by atoms with Crippen LogP contribution in [0.4, 0.5) is 0 Å². The first-order valence-electron chi connectivity index (χ1n) is 5.38. The van der Waals surface area contributed by atoms with Gasteiger partial charge in [-0.3, -0.25) is 0 Å². The zero-order chi connectivity index (χ0) is 12.7. The van der Waals surface area contributed by atoms with Gasteiger partial charge in [-0.1, -0.05) is 59.1 Å². The molecule has 0 radical (unpaired) electrons. The molecule has 0 spiro atoms. The predicted octanol–water partition coefficient (Wildman–Crippen LogP) is 3.34. The monoisotopic (exact) mass is 214 g/mol. The Balaban J connectivity index is -0.000000318. The molecule has 2 heteroatoms. The van der Waals surface area contributed by atoms with E-state index in [1.54, 1.807) is 18.2 Å². The van der Waals surface area contributed by atoms with Crippen molar-refractivity contribution in [3.05, 3.63) is 37.0 Å². The molecule has 0 amide bonds. The normalized spacial score (nSPS) is 11.2. The molecule has 0 aliphatic heterocycles. The van der Waals surface area contributed by atoms with E-state index in [2.05, 4.69) is 13.2 Å². The highest BCUT2D eigenvalue weighted by Crippen LogP contribution is 2.03. The maximum atomic E-state index is 9.33. The van der Waals surface area contributed by atoms with E-state index < -0.39 is 6.10 Å². The quantitative estimate of drug-likeness (QED) is 0.711. The van der Waals surface area contributed by atoms with Crippen LogP contribution in [-0.2, 0) is 4.74 Å². The van der Waals surface area contributed by atoms with E-state index in [1.165, 1.54) is 7.11 Å². The molecule has 90 valence electrons. The van der Waals surface area contributed by atoms with Gasteiger partial charge in [0.2, 0.25) is 0 Å². The zero-order valence-electron chi connectivity index (χ0n) is 10.8. The van der Waals surface area contributed by atoms with Gasteiger partial charge < -0.3 is 9.84 Å². The maximum absolute atomic E-state index is 9.33. The molecule has 0 heterocycles. The average Bonchev–Trinajstić information content (AvgIpc) is 2.31. The summed E-state index contributed by atoms with van der Waals surface area (Å²) >= 11 is 0. The fourth-order valence-corrected chi connectivity index (χ4v) is 0.705. The van der Waals surface area contributed by atoms with Crippen molar-refractivity contribution in [1.29, 1.82) is 0 Å². The summed E-state index contributed by atoms with van der Waals surface area (Å²) in [6.07, 6.45) is 4.30. The van der Waals surface area contributed by atoms with Gasteiger partial charge in [-0.15, -0.1) is 0 Å². The van der Waals surface area contributed by atoms with Gasteiger partial charge in [-0.2, -0.15) is 0 Å². The van der Waals surface area contributed by atoms with Crippen molar-refractivity contribution in [2.24, 2.45) is 0 Å². The molecule has 0 saturated carbocycles. The Morgan fingerprint density at radius 1 is 1.27 bits per heavy atom. The predicted molar refractivity (Wildman–Crippen MR) is 69.1 cm³/mol. The lowest BCUT2D eigenvalue weighted by molar-refractivity contribution is 0.0885. The summed E-state index contributed by atoms with van der Waals surface area (Å²) in [6.45, 7) is 15.3. The van der Waals surface area contributed by atoms with Crippen LogP contribution < -0.4 is 0 Å². The lowest BCUT2D eigenvalue weighted by Crippen LogP contribution is -2.15. The molecule has 0 rings (SSSR count). The van der Waals surface area contributed by atoms with Gasteiger partial charge in [0.15, 0.2) is 0 Å². The SMILES string of the molecule is C=C/C=C(\C=C)C(O)COC.CC.CC. The molecular weight excluding hydrogens is 188 g/mol. The molecule has 1 unspecified atom stereocenters. The van der Waals surface area contributed by atoms with Gasteiger partial charge in [0, 0.05) is 7.11 Å². The second kappa shape index (κ2) is 18.8. The highest BCUT2D eigenvalue weighted by Gasteiger charge is 2.04. The number of rotatable bonds is 5. The van der Waals surface area contributed by atoms with E-state index in [1.807, 2.05) is 27.7 Å². The Labute approximate surface area is 95.0 Å². The molecule has 1 atom stereocenters. The third-order valence-corrected chi connectivity index (χ3v) is 1.26. The minimum absolute atomic E-state index is 0.283. The molecule has 2 nitrogen and oxygen atoms in total. The standard InChI is InChI=1S/C9H14O2.2C2H6/c1-4-6-8(5-2)9(10)7-11-3;2*1-2/h4-6,9-10H,1-2,7H2,3H3;2*1-2H3/b8-6+;;. The smallest absolute Gasteiger partial charge is 0.102 e. The van der Waals surface area contributed by atoms with Crippen LogP contribution in [0, 0.1) is 0 Å². The van der Waals surface area contributed by atoms with Crippen LogP contribution in [0.25, 0.3) is 0 Å². The summed E-state index contributed by atoms with van der Waals surface area (Å²) in [5.74, 6) is 0. The van der Waals surface area contributed by atoms with E-state index in [0.717, 1.165) is 5.57 Å². The van der Waals surface area contributed by atoms with Gasteiger partial charge >= 0.3 is 0 Å². The lowest BCUT2D eigenvalue weighted by atomic mass is 10.1. The van der Waals surface area contributed by atoms with Gasteiger partial charge in [-0.25, -0.2) is 0 Å². The number of ether oxygens (including phenoxy) is 1. The van der Waals surface area contributed by atoms with Crippen LogP contribution in [0.5, 0.6) is 0 Å². The van der Waals surface area contributed by atoms with E-state index in [-0.39, 0.29) is 6.61 Å². The Bertz CT molecular complexity index is 160. The van der Waals surface area contributed by atoms with Gasteiger partial charge in [0.1, 0.15) is 6.10 Å². The van der Waals surface area contributed by atoms with Crippen LogP contribution >= 0.6 is 0 Å². The molecule has 0 aromatic carbocycles. The number of hydrogen-bond donors (Lipinski definition) is 1. The van der Waals surface area contributed by atoms with E-state index >= 15 is 0 Å². The lowest BCUT2D eigenvalue weighted by Gasteiger charge is -2.09. The van der Waals surface area contributed by atoms with Crippen molar-refractivity contribution in [3.63, 3.8) is 0 Å². The molecule has 0 aromatic heterocycles. The molecule has 0 aliphatic carbocycles. The van der Waals surface area contributed by atoms with Crippen LogP contribution in [0.3, 0.4) is 0 Å². The van der Waals surface area contributed by atoms with Crippen molar-refractivity contribution in [2.45, 2.75) is 33.8 Å². The maximum Gasteiger partial charge on any atom is 0.102 e. The first kappa shape index (κ1) is 19.7. The second-order valence-electron chi connectivity index (χ2n) is 2.08. The van der Waals surface area contributed by atoms with Crippen LogP contribution in [0.1, 0.15) is 27.7 Å². The highest BCUT2D eigenvalue weighted by atomic mass is 16.5. The summed E-state index contributed by atoms with van der Waals surface area (Å²) in [5.41, 5.74) is 0.724. The Kier molecular flexibility index (Phi) is 24.7. The summed E-state index contributed by atoms with van der Waals surface area (Å²) in [6, 6.07) is 0. The summed E-state index contributed by atoms with van der Waals surface area (Å²) < 4.78 is 4.76. The first-order chi connectivity index (χ1) is 7.26. The van der Waals surface area contributed by atoms with Crippen molar-refractivity contribution < 1.29 is 9.84 Å². The molecular formula is C13H26O2. The fourth-order valence-electron chi connectivity index (χ4n) is 0.705. The van der Waals surface area contributed by atoms with E-state index in [9.17, 15) is 5.11 Å². The molecule has 0 aromatic rings. The molecule has 0 aliphatic rings. The molecule has 0 saturated heterocycles. The van der Waals surface area contributed by atoms with Crippen molar-refractivity contribution in [3.8, 4) is 0 Å². The van der Waals surface area contributed by atoms with E-state index in [4.69, 9.17) is 4.74 Å². The Morgan fingerprint density at radius 2 is 1.73 bits per heavy atom. The number of aliphatic hydroxyl groups is 1. The third-order valence-electron chi connectivity index (χ3n) is 1.26. The van der Waals surface area contributed by atoms with Crippen molar-refractivity contribution in [2.75, 3.05) is 13.7 Å². The largest absolute Gasteiger partial charge is 0.386 e. The number of hydrogen-bond acceptors (Lipinski definition) is 2. The number of aliphatic hydroxyl groups excluding tert-OH is 1. The molecule has 0 bridgehead atoms. The second-order valence-corrected chi connectivity index (χ2v) is 2.08. The summed E-state index contributed by atoms with van der Waals surface area (Å²) in [7, 11) is 1.54. The summed E-state index contributed by atoms with van der Waals surface area (Å²) in [4.78, 5) is 0. The van der Waals surface area contributed by atoms with Gasteiger partial charge in [-0.05, 0) is 5.57 Å². The summed E-state index contributed by atoms with van der Waals surface area (Å²) in [5, 5.41) is 9.33. The molecule has 15 heavy (non-hydrogen) atoms. The number of methoxy groups -OCH3 is 1. The Morgan fingerprint density at radius 3 is 2.00 bits per heavy atom. The van der Waals surface area contributed by atoms with E-state index in [0.29, 0.717) is 0 Å². The molecule has 1 N–H and O–H groups in total. The zero-order valence-corrected chi connectivity index (χ0v) is 10.8. The van der Waals surface area contributed by atoms with Gasteiger partial charge in [0.05, 0.1) is 6.61 Å². The van der Waals surface area contributed by atoms with Crippen LogP contribution in [-0.4, -0.2) is 24.9 Å². The topological polar surface area (TPSA) is 29.5 Å². The van der Waals surface area contributed by atoms with Gasteiger partial charge in [0.25, 0.3) is 0 Å². The van der Waals surface area contributed by atoms with Crippen LogP contribution in [0.2, 0.25) is 0 Å². The van der Waals surface area contributed by atoms with Crippen molar-refractivity contribution in [1.82, 2.24) is 0 Å². The van der Waals surface area contributed by atoms with Crippen LogP contribution in [0.15, 0.2) is 37.0 Å². The Hall–Kier alpha value is -0.860. The highest BCUT2D eigenvalue weighted by molar-refractivity contribution is 5.24. The minimum atomic E-state index is -0.601. The number of allylic oxidation sites excluding steroid dienone is 2. The average molecular weight is 214 g/mol. The fraction of sp³-hybridized carbons (Fsp3) is 0.538. The first-order valence-corrected chi connectivity index (χ1v) is 5.38.